The Morgan fingerprint density at radius 1 is 1.10 bits per heavy atom. The topological polar surface area (TPSA) is 36.1 Å². The van der Waals surface area contributed by atoms with Crippen molar-refractivity contribution in [2.45, 2.75) is 0 Å². The molecule has 2 aromatic rings. The second kappa shape index (κ2) is 6.73. The largest absolute Gasteiger partial charge is 0.358 e. The van der Waals surface area contributed by atoms with Gasteiger partial charge in [0.05, 0.1) is 5.70 Å². The van der Waals surface area contributed by atoms with Crippen LogP contribution in [0, 0.1) is 0 Å². The maximum Gasteiger partial charge on any atom is 0.185 e. The van der Waals surface area contributed by atoms with Gasteiger partial charge in [-0.05, 0) is 34.6 Å². The third kappa shape index (κ3) is 3.59. The van der Waals surface area contributed by atoms with Crippen molar-refractivity contribution in [1.82, 2.24) is 16.2 Å². The Labute approximate surface area is 124 Å². The van der Waals surface area contributed by atoms with Gasteiger partial charge in [0.1, 0.15) is 0 Å². The predicted octanol–water partition coefficient (Wildman–Crippen LogP) is 2.97. The van der Waals surface area contributed by atoms with E-state index in [4.69, 9.17) is 12.2 Å². The van der Waals surface area contributed by atoms with Crippen LogP contribution in [-0.4, -0.2) is 11.7 Å². The van der Waals surface area contributed by atoms with E-state index in [-0.39, 0.29) is 0 Å². The lowest BCUT2D eigenvalue weighted by Crippen LogP contribution is -2.42. The first-order chi connectivity index (χ1) is 9.70. The van der Waals surface area contributed by atoms with Crippen molar-refractivity contribution in [3.05, 3.63) is 67.3 Å². The van der Waals surface area contributed by atoms with Crippen LogP contribution in [0.5, 0.6) is 0 Å². The van der Waals surface area contributed by atoms with Crippen LogP contribution in [0.1, 0.15) is 5.56 Å². The normalized spacial score (nSPS) is 9.80. The molecule has 2 rings (SSSR count). The van der Waals surface area contributed by atoms with Crippen LogP contribution in [0.15, 0.2) is 61.7 Å². The zero-order valence-electron chi connectivity index (χ0n) is 11.1. The lowest BCUT2D eigenvalue weighted by atomic mass is 10.1. The molecule has 0 unspecified atom stereocenters. The molecular formula is C16H17N3S. The number of hydrogen-bond acceptors (Lipinski definition) is 2. The maximum atomic E-state index is 5.09. The minimum Gasteiger partial charge on any atom is -0.358 e. The average Bonchev–Trinajstić information content (AvgIpc) is 2.50. The van der Waals surface area contributed by atoms with E-state index >= 15 is 0 Å². The van der Waals surface area contributed by atoms with Crippen LogP contribution in [0.3, 0.4) is 0 Å². The second-order valence-corrected chi connectivity index (χ2v) is 4.70. The van der Waals surface area contributed by atoms with Crippen LogP contribution in [0.4, 0.5) is 0 Å². The molecule has 0 aliphatic heterocycles. The fraction of sp³-hybridized carbons (Fsp3) is 0.0625. The highest BCUT2D eigenvalue weighted by atomic mass is 32.1. The Hall–Kier alpha value is -2.33. The molecule has 0 aliphatic carbocycles. The molecule has 20 heavy (non-hydrogen) atoms. The van der Waals surface area contributed by atoms with Crippen molar-refractivity contribution in [2.75, 3.05) is 6.54 Å². The highest BCUT2D eigenvalue weighted by molar-refractivity contribution is 7.80. The predicted molar refractivity (Wildman–Crippen MR) is 90.1 cm³/mol. The number of nitrogens with one attached hydrogen (secondary N) is 3. The Morgan fingerprint density at radius 3 is 2.60 bits per heavy atom. The Morgan fingerprint density at radius 2 is 1.85 bits per heavy atom. The fourth-order valence-electron chi connectivity index (χ4n) is 1.79. The van der Waals surface area contributed by atoms with Gasteiger partial charge < -0.3 is 5.32 Å². The Bertz CT molecular complexity index is 649. The van der Waals surface area contributed by atoms with E-state index in [1.807, 2.05) is 18.2 Å². The molecule has 0 spiro atoms. The SMILES string of the molecule is C=CCNC(=S)NNC(=C)c1ccc2ccccc2c1. The summed E-state index contributed by atoms with van der Waals surface area (Å²) < 4.78 is 0. The molecule has 0 saturated heterocycles. The van der Waals surface area contributed by atoms with Crippen LogP contribution in [0.25, 0.3) is 16.5 Å². The summed E-state index contributed by atoms with van der Waals surface area (Å²) in [6.45, 7) is 8.24. The first kappa shape index (κ1) is 14.1. The number of fused-ring (bicyclic) bond motifs is 1. The number of benzene rings is 2. The molecule has 2 aromatic carbocycles. The number of thiocarbonyl (C=S) groups is 1. The average molecular weight is 283 g/mol. The molecule has 0 heterocycles. The van der Waals surface area contributed by atoms with Crippen molar-refractivity contribution < 1.29 is 0 Å². The van der Waals surface area contributed by atoms with Gasteiger partial charge in [0.2, 0.25) is 0 Å². The van der Waals surface area contributed by atoms with Gasteiger partial charge in [-0.2, -0.15) is 0 Å². The summed E-state index contributed by atoms with van der Waals surface area (Å²) in [5.74, 6) is 0. The van der Waals surface area contributed by atoms with Gasteiger partial charge >= 0.3 is 0 Å². The summed E-state index contributed by atoms with van der Waals surface area (Å²) in [4.78, 5) is 0. The standard InChI is InChI=1S/C16H17N3S/c1-3-10-17-16(20)19-18-12(2)14-9-8-13-6-4-5-7-15(13)11-14/h3-9,11,18H,1-2,10H2,(H2,17,19,20). The molecule has 0 amide bonds. The van der Waals surface area contributed by atoms with Crippen molar-refractivity contribution in [3.63, 3.8) is 0 Å². The zero-order chi connectivity index (χ0) is 14.4. The third-order valence-corrected chi connectivity index (χ3v) is 3.08. The van der Waals surface area contributed by atoms with Crippen LogP contribution in [0.2, 0.25) is 0 Å². The Kier molecular flexibility index (Phi) is 4.74. The van der Waals surface area contributed by atoms with Gasteiger partial charge in [-0.25, -0.2) is 0 Å². The minimum atomic E-state index is 0.506. The first-order valence-corrected chi connectivity index (χ1v) is 6.70. The molecule has 0 bridgehead atoms. The van der Waals surface area contributed by atoms with Gasteiger partial charge in [0.15, 0.2) is 5.11 Å². The molecule has 0 radical (unpaired) electrons. The lowest BCUT2D eigenvalue weighted by Gasteiger charge is -2.14. The smallest absolute Gasteiger partial charge is 0.185 e. The zero-order valence-corrected chi connectivity index (χ0v) is 12.0. The van der Waals surface area contributed by atoms with Gasteiger partial charge in [0.25, 0.3) is 0 Å². The highest BCUT2D eigenvalue weighted by Gasteiger charge is 2.01. The van der Waals surface area contributed by atoms with Crippen LogP contribution in [-0.2, 0) is 0 Å². The van der Waals surface area contributed by atoms with Gasteiger partial charge in [-0.3, -0.25) is 10.9 Å². The van der Waals surface area contributed by atoms with E-state index in [2.05, 4.69) is 53.6 Å². The quantitative estimate of drug-likeness (QED) is 0.448. The summed E-state index contributed by atoms with van der Waals surface area (Å²) in [6.07, 6.45) is 1.74. The molecule has 3 N–H and O–H groups in total. The molecule has 0 atom stereocenters. The van der Waals surface area contributed by atoms with Crippen LogP contribution < -0.4 is 16.2 Å². The van der Waals surface area contributed by atoms with E-state index < -0.39 is 0 Å². The fourth-order valence-corrected chi connectivity index (χ4v) is 1.92. The second-order valence-electron chi connectivity index (χ2n) is 4.29. The number of rotatable bonds is 5. The van der Waals surface area contributed by atoms with Gasteiger partial charge in [-0.1, -0.05) is 49.1 Å². The summed E-state index contributed by atoms with van der Waals surface area (Å²) >= 11 is 5.09. The van der Waals surface area contributed by atoms with E-state index in [0.717, 1.165) is 11.3 Å². The van der Waals surface area contributed by atoms with Gasteiger partial charge in [0, 0.05) is 6.54 Å². The maximum absolute atomic E-state index is 5.09. The monoisotopic (exact) mass is 283 g/mol. The third-order valence-electron chi connectivity index (χ3n) is 2.83. The summed E-state index contributed by atoms with van der Waals surface area (Å²) in [6, 6.07) is 14.4. The molecule has 3 nitrogen and oxygen atoms in total. The molecule has 102 valence electrons. The molecule has 0 aliphatic rings. The van der Waals surface area contributed by atoms with Gasteiger partial charge in [-0.15, -0.1) is 6.58 Å². The number of hydrogen-bond donors (Lipinski definition) is 3. The first-order valence-electron chi connectivity index (χ1n) is 6.29. The summed E-state index contributed by atoms with van der Waals surface area (Å²) in [5.41, 5.74) is 7.66. The molecular weight excluding hydrogens is 266 g/mol. The van der Waals surface area contributed by atoms with Crippen LogP contribution >= 0.6 is 12.2 Å². The van der Waals surface area contributed by atoms with E-state index in [0.29, 0.717) is 11.7 Å². The molecule has 0 fully saturated rings. The Balaban J connectivity index is 2.00. The van der Waals surface area contributed by atoms with E-state index in [1.165, 1.54) is 10.8 Å². The molecule has 0 saturated carbocycles. The van der Waals surface area contributed by atoms with E-state index in [9.17, 15) is 0 Å². The van der Waals surface area contributed by atoms with E-state index in [1.54, 1.807) is 6.08 Å². The molecule has 0 aromatic heterocycles. The summed E-state index contributed by atoms with van der Waals surface area (Å²) in [5, 5.41) is 5.86. The minimum absolute atomic E-state index is 0.506. The summed E-state index contributed by atoms with van der Waals surface area (Å²) in [7, 11) is 0. The lowest BCUT2D eigenvalue weighted by molar-refractivity contribution is 0.813. The van der Waals surface area contributed by atoms with Crippen molar-refractivity contribution in [3.8, 4) is 0 Å². The number of hydrazine groups is 1. The molecule has 4 heteroatoms. The highest BCUT2D eigenvalue weighted by Crippen LogP contribution is 2.18. The van der Waals surface area contributed by atoms with Crippen molar-refractivity contribution in [1.29, 1.82) is 0 Å². The van der Waals surface area contributed by atoms with Crippen molar-refractivity contribution in [2.24, 2.45) is 0 Å². The van der Waals surface area contributed by atoms with Crippen molar-refractivity contribution >= 4 is 33.8 Å².